The summed E-state index contributed by atoms with van der Waals surface area (Å²) in [6.07, 6.45) is 0.515. The zero-order chi connectivity index (χ0) is 23.8. The lowest BCUT2D eigenvalue weighted by Crippen LogP contribution is -2.57. The molecule has 1 saturated heterocycles. The number of hydrogen-bond acceptors (Lipinski definition) is 5. The number of hydrogen-bond donors (Lipinski definition) is 2. The standard InChI is InChI=1S/C24H35N3O5/c1-15(2)20(17(5)28)25-22(29)19-12-9-13-27(19)23(30)21(16(3)4)26-24(31)32-14-18-10-7-6-8-11-18/h6-8,10-11,15-16,19-21H,9,12-14H2,1-5H3,(H,25,29)(H,26,31)/t19?,20-,21-/m0/s1. The van der Waals surface area contributed by atoms with Crippen LogP contribution in [0.1, 0.15) is 53.0 Å². The van der Waals surface area contributed by atoms with Gasteiger partial charge < -0.3 is 20.3 Å². The van der Waals surface area contributed by atoms with Crippen molar-refractivity contribution in [3.05, 3.63) is 35.9 Å². The van der Waals surface area contributed by atoms with Crippen molar-refractivity contribution in [3.63, 3.8) is 0 Å². The highest BCUT2D eigenvalue weighted by Crippen LogP contribution is 2.21. The molecule has 1 aromatic carbocycles. The molecule has 0 saturated carbocycles. The number of ether oxygens (including phenoxy) is 1. The van der Waals surface area contributed by atoms with Crippen LogP contribution in [0.3, 0.4) is 0 Å². The van der Waals surface area contributed by atoms with Crippen molar-refractivity contribution >= 4 is 23.7 Å². The van der Waals surface area contributed by atoms with Crippen LogP contribution in [-0.4, -0.2) is 53.3 Å². The van der Waals surface area contributed by atoms with Crippen LogP contribution in [0.4, 0.5) is 4.79 Å². The van der Waals surface area contributed by atoms with E-state index in [9.17, 15) is 19.2 Å². The van der Waals surface area contributed by atoms with E-state index >= 15 is 0 Å². The fourth-order valence-electron chi connectivity index (χ4n) is 3.87. The second-order valence-corrected chi connectivity index (χ2v) is 8.96. The van der Waals surface area contributed by atoms with Crippen molar-refractivity contribution in [3.8, 4) is 0 Å². The fraction of sp³-hybridized carbons (Fsp3) is 0.583. The van der Waals surface area contributed by atoms with Gasteiger partial charge in [-0.2, -0.15) is 0 Å². The smallest absolute Gasteiger partial charge is 0.408 e. The predicted octanol–water partition coefficient (Wildman–Crippen LogP) is 2.66. The van der Waals surface area contributed by atoms with Crippen molar-refractivity contribution in [1.29, 1.82) is 0 Å². The summed E-state index contributed by atoms with van der Waals surface area (Å²) in [6, 6.07) is 7.20. The molecule has 32 heavy (non-hydrogen) atoms. The summed E-state index contributed by atoms with van der Waals surface area (Å²) in [6.45, 7) is 9.36. The average Bonchev–Trinajstić information content (AvgIpc) is 3.24. The lowest BCUT2D eigenvalue weighted by Gasteiger charge is -2.31. The summed E-state index contributed by atoms with van der Waals surface area (Å²) in [5, 5.41) is 5.46. The molecular formula is C24H35N3O5. The van der Waals surface area contributed by atoms with E-state index in [2.05, 4.69) is 10.6 Å². The number of carbonyl (C=O) groups is 4. The zero-order valence-electron chi connectivity index (χ0n) is 19.6. The first-order valence-electron chi connectivity index (χ1n) is 11.2. The molecule has 1 aromatic rings. The van der Waals surface area contributed by atoms with E-state index in [1.807, 2.05) is 58.0 Å². The number of ketones is 1. The first kappa shape index (κ1) is 25.4. The number of nitrogens with one attached hydrogen (secondary N) is 2. The minimum Gasteiger partial charge on any atom is -0.445 e. The van der Waals surface area contributed by atoms with Gasteiger partial charge in [0.25, 0.3) is 0 Å². The molecule has 176 valence electrons. The monoisotopic (exact) mass is 445 g/mol. The molecule has 8 nitrogen and oxygen atoms in total. The Kier molecular flexibility index (Phi) is 9.23. The number of amides is 3. The molecule has 2 N–H and O–H groups in total. The van der Waals surface area contributed by atoms with E-state index in [0.29, 0.717) is 19.4 Å². The van der Waals surface area contributed by atoms with E-state index < -0.39 is 24.2 Å². The van der Waals surface area contributed by atoms with Crippen LogP contribution in [-0.2, 0) is 25.7 Å². The normalized spacial score (nSPS) is 17.7. The van der Waals surface area contributed by atoms with Gasteiger partial charge in [0.2, 0.25) is 11.8 Å². The van der Waals surface area contributed by atoms with Gasteiger partial charge in [0, 0.05) is 6.54 Å². The number of alkyl carbamates (subject to hydrolysis) is 1. The molecule has 0 bridgehead atoms. The van der Waals surface area contributed by atoms with E-state index in [1.54, 1.807) is 0 Å². The van der Waals surface area contributed by atoms with Crippen LogP contribution < -0.4 is 10.6 Å². The van der Waals surface area contributed by atoms with Gasteiger partial charge in [-0.05, 0) is 37.2 Å². The lowest BCUT2D eigenvalue weighted by atomic mass is 9.99. The van der Waals surface area contributed by atoms with Gasteiger partial charge in [0.05, 0.1) is 6.04 Å². The topological polar surface area (TPSA) is 105 Å². The molecular weight excluding hydrogens is 410 g/mol. The number of likely N-dealkylation sites (tertiary alicyclic amines) is 1. The Morgan fingerprint density at radius 3 is 2.19 bits per heavy atom. The third-order valence-electron chi connectivity index (χ3n) is 5.66. The number of nitrogens with zero attached hydrogens (tertiary/aromatic N) is 1. The summed E-state index contributed by atoms with van der Waals surface area (Å²) in [7, 11) is 0. The van der Waals surface area contributed by atoms with Crippen LogP contribution in [0.15, 0.2) is 30.3 Å². The fourth-order valence-corrected chi connectivity index (χ4v) is 3.87. The Morgan fingerprint density at radius 2 is 1.62 bits per heavy atom. The highest BCUT2D eigenvalue weighted by atomic mass is 16.5. The molecule has 3 amide bonds. The molecule has 0 aromatic heterocycles. The van der Waals surface area contributed by atoms with Crippen LogP contribution in [0.5, 0.6) is 0 Å². The summed E-state index contributed by atoms with van der Waals surface area (Å²) >= 11 is 0. The lowest BCUT2D eigenvalue weighted by molar-refractivity contribution is -0.141. The third-order valence-corrected chi connectivity index (χ3v) is 5.66. The molecule has 3 atom stereocenters. The Hall–Kier alpha value is -2.90. The van der Waals surface area contributed by atoms with Gasteiger partial charge in [0.15, 0.2) is 5.78 Å². The Balaban J connectivity index is 2.03. The molecule has 0 radical (unpaired) electrons. The van der Waals surface area contributed by atoms with Gasteiger partial charge in [-0.1, -0.05) is 58.0 Å². The van der Waals surface area contributed by atoms with E-state index in [0.717, 1.165) is 5.56 Å². The first-order valence-corrected chi connectivity index (χ1v) is 11.2. The van der Waals surface area contributed by atoms with Gasteiger partial charge >= 0.3 is 6.09 Å². The second kappa shape index (κ2) is 11.6. The van der Waals surface area contributed by atoms with Crippen molar-refractivity contribution in [2.75, 3.05) is 6.54 Å². The van der Waals surface area contributed by atoms with Gasteiger partial charge in [-0.25, -0.2) is 4.79 Å². The molecule has 1 aliphatic heterocycles. The summed E-state index contributed by atoms with van der Waals surface area (Å²) in [4.78, 5) is 51.9. The van der Waals surface area contributed by atoms with E-state index in [4.69, 9.17) is 4.74 Å². The molecule has 2 rings (SSSR count). The maximum atomic E-state index is 13.3. The summed E-state index contributed by atoms with van der Waals surface area (Å²) < 4.78 is 5.26. The molecule has 1 heterocycles. The molecule has 0 spiro atoms. The molecule has 8 heteroatoms. The third kappa shape index (κ3) is 6.80. The second-order valence-electron chi connectivity index (χ2n) is 8.96. The van der Waals surface area contributed by atoms with E-state index in [1.165, 1.54) is 11.8 Å². The Labute approximate surface area is 190 Å². The van der Waals surface area contributed by atoms with Crippen LogP contribution in [0, 0.1) is 11.8 Å². The number of benzene rings is 1. The molecule has 1 fully saturated rings. The summed E-state index contributed by atoms with van der Waals surface area (Å²) in [5.74, 6) is -1.02. The average molecular weight is 446 g/mol. The highest BCUT2D eigenvalue weighted by molar-refractivity contribution is 5.94. The van der Waals surface area contributed by atoms with Crippen LogP contribution >= 0.6 is 0 Å². The zero-order valence-corrected chi connectivity index (χ0v) is 19.6. The van der Waals surface area contributed by atoms with Gasteiger partial charge in [-0.3, -0.25) is 14.4 Å². The first-order chi connectivity index (χ1) is 15.1. The predicted molar refractivity (Wildman–Crippen MR) is 121 cm³/mol. The SMILES string of the molecule is CC(=O)[C@@H](NC(=O)C1CCCN1C(=O)[C@@H](NC(=O)OCc1ccccc1)C(C)C)C(C)C. The van der Waals surface area contributed by atoms with Gasteiger partial charge in [-0.15, -0.1) is 0 Å². The Bertz CT molecular complexity index is 809. The minimum atomic E-state index is -0.819. The largest absolute Gasteiger partial charge is 0.445 e. The minimum absolute atomic E-state index is 0.0496. The summed E-state index contributed by atoms with van der Waals surface area (Å²) in [5.41, 5.74) is 0.844. The number of Topliss-reactive ketones (excluding diaryl/α,β-unsaturated/α-hetero) is 1. The van der Waals surface area contributed by atoms with Gasteiger partial charge in [0.1, 0.15) is 18.7 Å². The van der Waals surface area contributed by atoms with Crippen molar-refractivity contribution in [1.82, 2.24) is 15.5 Å². The van der Waals surface area contributed by atoms with Crippen molar-refractivity contribution < 1.29 is 23.9 Å². The quantitative estimate of drug-likeness (QED) is 0.608. The maximum Gasteiger partial charge on any atom is 0.408 e. The Morgan fingerprint density at radius 1 is 1.00 bits per heavy atom. The molecule has 1 aliphatic rings. The molecule has 0 aliphatic carbocycles. The van der Waals surface area contributed by atoms with E-state index in [-0.39, 0.29) is 36.0 Å². The maximum absolute atomic E-state index is 13.3. The molecule has 1 unspecified atom stereocenters. The number of carbonyl (C=O) groups excluding carboxylic acids is 4. The number of rotatable bonds is 9. The van der Waals surface area contributed by atoms with Crippen LogP contribution in [0.25, 0.3) is 0 Å². The highest BCUT2D eigenvalue weighted by Gasteiger charge is 2.39. The van der Waals surface area contributed by atoms with Crippen molar-refractivity contribution in [2.45, 2.75) is 72.2 Å². The van der Waals surface area contributed by atoms with Crippen LogP contribution in [0.2, 0.25) is 0 Å². The van der Waals surface area contributed by atoms with Crippen molar-refractivity contribution in [2.24, 2.45) is 11.8 Å².